The third-order valence-corrected chi connectivity index (χ3v) is 10.5. The summed E-state index contributed by atoms with van der Waals surface area (Å²) in [6.45, 7) is 5.65. The predicted molar refractivity (Wildman–Crippen MR) is 159 cm³/mol. The van der Waals surface area contributed by atoms with E-state index in [2.05, 4.69) is 4.98 Å². The summed E-state index contributed by atoms with van der Waals surface area (Å²) in [6.07, 6.45) is 0.968. The van der Waals surface area contributed by atoms with Crippen LogP contribution in [0, 0.1) is 19.3 Å². The van der Waals surface area contributed by atoms with Gasteiger partial charge < -0.3 is 20.3 Å². The first-order valence-corrected chi connectivity index (χ1v) is 15.5. The molecular weight excluding hydrogens is 587 g/mol. The molecule has 2 fully saturated rings. The smallest absolute Gasteiger partial charge is 0.245 e. The molecule has 5 rings (SSSR count). The predicted octanol–water partition coefficient (Wildman–Crippen LogP) is 3.93. The second-order valence-corrected chi connectivity index (χ2v) is 13.0. The average Bonchev–Trinajstić information content (AvgIpc) is 3.44. The number of carbonyl (C=O) groups excluding carboxylic acids is 1. The van der Waals surface area contributed by atoms with Crippen LogP contribution in [0.25, 0.3) is 10.9 Å². The minimum Gasteiger partial charge on any atom is -0.487 e. The van der Waals surface area contributed by atoms with Crippen molar-refractivity contribution >= 4 is 56.0 Å². The van der Waals surface area contributed by atoms with E-state index in [9.17, 15) is 13.2 Å². The maximum Gasteiger partial charge on any atom is 0.245 e. The van der Waals surface area contributed by atoms with Crippen LogP contribution in [0.1, 0.15) is 29.7 Å². The third-order valence-electron chi connectivity index (χ3n) is 7.67. The van der Waals surface area contributed by atoms with E-state index in [-0.39, 0.29) is 40.0 Å². The number of ether oxygens (including phenoxy) is 1. The summed E-state index contributed by atoms with van der Waals surface area (Å²) in [7, 11) is -4.13. The lowest BCUT2D eigenvalue weighted by Crippen LogP contribution is -2.56. The van der Waals surface area contributed by atoms with Crippen molar-refractivity contribution < 1.29 is 17.9 Å². The molecule has 0 radical (unpaired) electrons. The Morgan fingerprint density at radius 2 is 1.80 bits per heavy atom. The van der Waals surface area contributed by atoms with E-state index in [1.807, 2.05) is 32.0 Å². The van der Waals surface area contributed by atoms with Gasteiger partial charge in [0.15, 0.2) is 5.96 Å². The van der Waals surface area contributed by atoms with E-state index in [1.54, 1.807) is 15.9 Å². The summed E-state index contributed by atoms with van der Waals surface area (Å²) < 4.78 is 35.2. The zero-order chi connectivity index (χ0) is 29.5. The lowest BCUT2D eigenvalue weighted by Gasteiger charge is -2.37. The van der Waals surface area contributed by atoms with Crippen LogP contribution in [0.2, 0.25) is 10.0 Å². The molecule has 3 N–H and O–H groups in total. The molecule has 2 aliphatic rings. The third kappa shape index (κ3) is 5.68. The zero-order valence-electron chi connectivity index (χ0n) is 22.9. The van der Waals surface area contributed by atoms with Crippen molar-refractivity contribution in [2.24, 2.45) is 5.73 Å². The van der Waals surface area contributed by atoms with Gasteiger partial charge >= 0.3 is 0 Å². The van der Waals surface area contributed by atoms with Crippen molar-refractivity contribution in [3.63, 3.8) is 0 Å². The SMILES string of the molecule is Cc1cc(C)c2cccc(OCc3c(Cl)ccc(S(=O)(=O)N4CCCC4C(=O)N4CCN(C(=N)N)CC4)c3Cl)c2n1. The number of amides is 1. The highest BCUT2D eigenvalue weighted by molar-refractivity contribution is 7.89. The topological polar surface area (TPSA) is 133 Å². The van der Waals surface area contributed by atoms with E-state index >= 15 is 0 Å². The molecular formula is C28H32Cl2N6O4S. The summed E-state index contributed by atoms with van der Waals surface area (Å²) >= 11 is 13.2. The number of aromatic nitrogens is 1. The zero-order valence-corrected chi connectivity index (χ0v) is 25.2. The van der Waals surface area contributed by atoms with Crippen LogP contribution in [-0.4, -0.2) is 78.1 Å². The monoisotopic (exact) mass is 618 g/mol. The van der Waals surface area contributed by atoms with Crippen LogP contribution in [0.4, 0.5) is 0 Å². The molecule has 0 spiro atoms. The van der Waals surface area contributed by atoms with Gasteiger partial charge in [-0.25, -0.2) is 13.4 Å². The molecule has 41 heavy (non-hydrogen) atoms. The number of fused-ring (bicyclic) bond motifs is 1. The Bertz CT molecular complexity index is 1630. The van der Waals surface area contributed by atoms with Crippen molar-refractivity contribution in [1.82, 2.24) is 19.1 Å². The van der Waals surface area contributed by atoms with Crippen molar-refractivity contribution in [2.75, 3.05) is 32.7 Å². The van der Waals surface area contributed by atoms with Gasteiger partial charge in [-0.15, -0.1) is 0 Å². The molecule has 1 amide bonds. The van der Waals surface area contributed by atoms with Gasteiger partial charge in [-0.05, 0) is 56.5 Å². The van der Waals surface area contributed by atoms with Crippen LogP contribution >= 0.6 is 23.2 Å². The number of pyridine rings is 1. The number of guanidine groups is 1. The number of halogens is 2. The standard InChI is InChI=1S/C28H32Cl2N6O4S/c1-17-15-18(2)33-26-19(17)5-3-7-23(26)40-16-20-21(29)8-9-24(25(20)30)41(38,39)36-10-4-6-22(36)27(37)34-11-13-35(14-12-34)28(31)32/h3,5,7-9,15,22H,4,6,10-14,16H2,1-2H3,(H3,31,32). The van der Waals surface area contributed by atoms with Gasteiger partial charge in [-0.3, -0.25) is 10.2 Å². The number of hydrogen-bond donors (Lipinski definition) is 2. The fraction of sp³-hybridized carbons (Fsp3) is 0.393. The number of nitrogens with two attached hydrogens (primary N) is 1. The summed E-state index contributed by atoms with van der Waals surface area (Å²) in [5, 5.41) is 8.79. The van der Waals surface area contributed by atoms with Gasteiger partial charge in [-0.1, -0.05) is 35.3 Å². The van der Waals surface area contributed by atoms with E-state index in [0.29, 0.717) is 55.9 Å². The Morgan fingerprint density at radius 1 is 1.10 bits per heavy atom. The van der Waals surface area contributed by atoms with Gasteiger partial charge in [0, 0.05) is 54.4 Å². The molecule has 218 valence electrons. The number of aryl methyl sites for hydroxylation is 2. The molecule has 0 aliphatic carbocycles. The Labute approximate surface area is 249 Å². The number of benzene rings is 2. The van der Waals surface area contributed by atoms with Crippen LogP contribution in [0.3, 0.4) is 0 Å². The first-order chi connectivity index (χ1) is 19.5. The molecule has 10 nitrogen and oxygen atoms in total. The Kier molecular flexibility index (Phi) is 8.34. The molecule has 1 aromatic heterocycles. The van der Waals surface area contributed by atoms with E-state index < -0.39 is 16.1 Å². The Hall–Kier alpha value is -3.12. The van der Waals surface area contributed by atoms with E-state index in [0.717, 1.165) is 16.6 Å². The molecule has 2 saturated heterocycles. The molecule has 2 aliphatic heterocycles. The molecule has 1 unspecified atom stereocenters. The van der Waals surface area contributed by atoms with Gasteiger partial charge in [-0.2, -0.15) is 4.31 Å². The van der Waals surface area contributed by atoms with Gasteiger partial charge in [0.2, 0.25) is 15.9 Å². The number of piperazine rings is 1. The number of hydrogen-bond acceptors (Lipinski definition) is 6. The Balaban J connectivity index is 1.39. The minimum absolute atomic E-state index is 0.0359. The highest BCUT2D eigenvalue weighted by Crippen LogP contribution is 2.37. The molecule has 0 saturated carbocycles. The molecule has 0 bridgehead atoms. The largest absolute Gasteiger partial charge is 0.487 e. The fourth-order valence-corrected chi connectivity index (χ4v) is 8.02. The normalized spacial score (nSPS) is 18.2. The first-order valence-electron chi connectivity index (χ1n) is 13.3. The summed E-state index contributed by atoms with van der Waals surface area (Å²) in [4.78, 5) is 21.3. The molecule has 3 aromatic rings. The lowest BCUT2D eigenvalue weighted by atomic mass is 10.1. The fourth-order valence-electron chi connectivity index (χ4n) is 5.51. The maximum absolute atomic E-state index is 13.9. The highest BCUT2D eigenvalue weighted by atomic mass is 35.5. The van der Waals surface area contributed by atoms with Crippen LogP contribution < -0.4 is 10.5 Å². The van der Waals surface area contributed by atoms with Crippen LogP contribution in [0.5, 0.6) is 5.75 Å². The molecule has 1 atom stereocenters. The molecule has 3 heterocycles. The second kappa shape index (κ2) is 11.6. The average molecular weight is 620 g/mol. The summed E-state index contributed by atoms with van der Waals surface area (Å²) in [6, 6.07) is 9.67. The number of carbonyl (C=O) groups is 1. The lowest BCUT2D eigenvalue weighted by molar-refractivity contribution is -0.135. The molecule has 13 heteroatoms. The van der Waals surface area contributed by atoms with Crippen molar-refractivity contribution in [2.45, 2.75) is 44.2 Å². The van der Waals surface area contributed by atoms with Crippen molar-refractivity contribution in [3.8, 4) is 5.75 Å². The number of sulfonamides is 1. The minimum atomic E-state index is -4.13. The highest BCUT2D eigenvalue weighted by Gasteiger charge is 2.42. The first kappa shape index (κ1) is 29.4. The quantitative estimate of drug-likeness (QED) is 0.316. The van der Waals surface area contributed by atoms with E-state index in [1.165, 1.54) is 16.4 Å². The second-order valence-electron chi connectivity index (χ2n) is 10.3. The summed E-state index contributed by atoms with van der Waals surface area (Å²) in [5.74, 6) is 0.239. The van der Waals surface area contributed by atoms with Crippen LogP contribution in [-0.2, 0) is 21.4 Å². The van der Waals surface area contributed by atoms with Gasteiger partial charge in [0.25, 0.3) is 0 Å². The Morgan fingerprint density at radius 3 is 2.51 bits per heavy atom. The van der Waals surface area contributed by atoms with E-state index in [4.69, 9.17) is 39.1 Å². The van der Waals surface area contributed by atoms with Gasteiger partial charge in [0.1, 0.15) is 28.8 Å². The van der Waals surface area contributed by atoms with Crippen molar-refractivity contribution in [1.29, 1.82) is 5.41 Å². The number of nitrogens with one attached hydrogen (secondary N) is 1. The van der Waals surface area contributed by atoms with Gasteiger partial charge in [0.05, 0.1) is 5.02 Å². The number of nitrogens with zero attached hydrogens (tertiary/aromatic N) is 4. The number of rotatable bonds is 6. The maximum atomic E-state index is 13.9. The number of para-hydroxylation sites is 1. The summed E-state index contributed by atoms with van der Waals surface area (Å²) in [5.41, 5.74) is 8.52. The molecule has 2 aromatic carbocycles. The van der Waals surface area contributed by atoms with Crippen molar-refractivity contribution in [3.05, 3.63) is 63.3 Å². The van der Waals surface area contributed by atoms with Crippen LogP contribution in [0.15, 0.2) is 41.3 Å².